The van der Waals surface area contributed by atoms with Gasteiger partial charge in [0.1, 0.15) is 0 Å². The Labute approximate surface area is 233 Å². The Balaban J connectivity index is 1.35. The zero-order chi connectivity index (χ0) is 27.3. The molecule has 3 aromatic carbocycles. The molecule has 1 saturated heterocycles. The van der Waals surface area contributed by atoms with Crippen LogP contribution in [0.4, 0.5) is 5.69 Å². The number of benzene rings is 3. The number of halogens is 2. The van der Waals surface area contributed by atoms with E-state index in [2.05, 4.69) is 10.6 Å². The summed E-state index contributed by atoms with van der Waals surface area (Å²) in [6.45, 7) is 2.37. The molecule has 3 aromatic rings. The molecule has 200 valence electrons. The van der Waals surface area contributed by atoms with E-state index in [4.69, 9.17) is 23.2 Å². The minimum atomic E-state index is -3.58. The Morgan fingerprint density at radius 2 is 1.61 bits per heavy atom. The fourth-order valence-electron chi connectivity index (χ4n) is 4.45. The summed E-state index contributed by atoms with van der Waals surface area (Å²) in [5, 5.41) is 6.53. The van der Waals surface area contributed by atoms with E-state index in [0.29, 0.717) is 39.7 Å². The molecule has 0 aliphatic carbocycles. The Morgan fingerprint density at radius 3 is 2.29 bits per heavy atom. The zero-order valence-corrected chi connectivity index (χ0v) is 23.2. The van der Waals surface area contributed by atoms with Crippen LogP contribution < -0.4 is 10.6 Å². The summed E-state index contributed by atoms with van der Waals surface area (Å²) in [5.41, 5.74) is 2.31. The number of nitrogens with zero attached hydrogens (tertiary/aromatic N) is 1. The van der Waals surface area contributed by atoms with Crippen LogP contribution in [0.3, 0.4) is 0 Å². The van der Waals surface area contributed by atoms with Crippen LogP contribution in [0.2, 0.25) is 10.0 Å². The lowest BCUT2D eigenvalue weighted by molar-refractivity contribution is -0.120. The average molecular weight is 575 g/mol. The summed E-state index contributed by atoms with van der Waals surface area (Å²) in [6.07, 6.45) is 0.762. The van der Waals surface area contributed by atoms with E-state index in [1.807, 2.05) is 37.3 Å². The molecule has 2 amide bonds. The number of piperidine rings is 1. The van der Waals surface area contributed by atoms with Crippen LogP contribution in [0.15, 0.2) is 72.8 Å². The van der Waals surface area contributed by atoms with Crippen molar-refractivity contribution >= 4 is 50.7 Å². The Kier molecular flexibility index (Phi) is 9.10. The first-order valence-corrected chi connectivity index (χ1v) is 14.7. The number of nitrogens with one attached hydrogen (secondary N) is 2. The molecule has 7 nitrogen and oxygen atoms in total. The quantitative estimate of drug-likeness (QED) is 0.363. The summed E-state index contributed by atoms with van der Waals surface area (Å²) in [4.78, 5) is 26.1. The van der Waals surface area contributed by atoms with Crippen molar-refractivity contribution in [3.63, 3.8) is 0 Å². The topological polar surface area (TPSA) is 95.6 Å². The maximum absolute atomic E-state index is 13.1. The van der Waals surface area contributed by atoms with Crippen LogP contribution in [-0.2, 0) is 20.6 Å². The van der Waals surface area contributed by atoms with Gasteiger partial charge in [-0.2, -0.15) is 0 Å². The summed E-state index contributed by atoms with van der Waals surface area (Å²) >= 11 is 11.9. The fraction of sp³-hybridized carbons (Fsp3) is 0.286. The summed E-state index contributed by atoms with van der Waals surface area (Å²) in [6, 6.07) is 21.0. The molecule has 38 heavy (non-hydrogen) atoms. The predicted molar refractivity (Wildman–Crippen MR) is 151 cm³/mol. The van der Waals surface area contributed by atoms with Gasteiger partial charge in [-0.05, 0) is 55.2 Å². The fourth-order valence-corrected chi connectivity index (χ4v) is 6.32. The molecule has 0 aromatic heterocycles. The van der Waals surface area contributed by atoms with Gasteiger partial charge in [-0.3, -0.25) is 9.59 Å². The van der Waals surface area contributed by atoms with Gasteiger partial charge < -0.3 is 10.6 Å². The molecule has 0 spiro atoms. The first-order chi connectivity index (χ1) is 18.1. The van der Waals surface area contributed by atoms with Crippen molar-refractivity contribution in [1.82, 2.24) is 9.62 Å². The second-order valence-corrected chi connectivity index (χ2v) is 12.1. The molecule has 2 N–H and O–H groups in total. The first-order valence-electron chi connectivity index (χ1n) is 12.3. The molecule has 0 saturated carbocycles. The molecular weight excluding hydrogens is 545 g/mol. The second kappa shape index (κ2) is 12.3. The Bertz CT molecular complexity index is 1410. The predicted octanol–water partition coefficient (Wildman–Crippen LogP) is 5.66. The van der Waals surface area contributed by atoms with Gasteiger partial charge in [0, 0.05) is 19.0 Å². The summed E-state index contributed by atoms with van der Waals surface area (Å²) < 4.78 is 27.3. The molecule has 1 aliphatic heterocycles. The van der Waals surface area contributed by atoms with Crippen LogP contribution in [0.5, 0.6) is 0 Å². The van der Waals surface area contributed by atoms with Crippen molar-refractivity contribution in [2.75, 3.05) is 18.4 Å². The monoisotopic (exact) mass is 573 g/mol. The van der Waals surface area contributed by atoms with Gasteiger partial charge in [0.25, 0.3) is 5.91 Å². The van der Waals surface area contributed by atoms with Gasteiger partial charge >= 0.3 is 0 Å². The number of hydrogen-bond donors (Lipinski definition) is 2. The van der Waals surface area contributed by atoms with Gasteiger partial charge in [0.15, 0.2) is 0 Å². The Morgan fingerprint density at radius 1 is 0.947 bits per heavy atom. The van der Waals surface area contributed by atoms with Crippen LogP contribution >= 0.6 is 23.2 Å². The highest BCUT2D eigenvalue weighted by Crippen LogP contribution is 2.27. The van der Waals surface area contributed by atoms with E-state index in [0.717, 1.165) is 5.56 Å². The lowest BCUT2D eigenvalue weighted by Crippen LogP contribution is -2.42. The number of carbonyl (C=O) groups excluding carboxylic acids is 2. The number of sulfonamides is 1. The van der Waals surface area contributed by atoms with Gasteiger partial charge in [0.2, 0.25) is 15.9 Å². The van der Waals surface area contributed by atoms with Gasteiger partial charge in [-0.25, -0.2) is 12.7 Å². The number of anilines is 1. The molecule has 0 radical (unpaired) electrons. The third kappa shape index (κ3) is 6.94. The number of amides is 2. The highest BCUT2D eigenvalue weighted by atomic mass is 35.5. The minimum absolute atomic E-state index is 0.190. The molecule has 0 unspecified atom stereocenters. The molecule has 1 heterocycles. The standard InChI is InChI=1S/C28H29Cl2N3O4S/c1-19(21-7-3-2-4-8-21)31-28(35)23-9-5-6-10-26(23)32-27(34)22-13-15-33(16-14-22)38(36,37)18-20-11-12-24(29)25(30)17-20/h2-12,17,19,22H,13-16,18H2,1H3,(H,31,35)(H,32,34)/t19-/m1/s1. The van der Waals surface area contributed by atoms with E-state index in [1.54, 1.807) is 42.5 Å². The Hall–Kier alpha value is -2.91. The van der Waals surface area contributed by atoms with E-state index in [1.165, 1.54) is 4.31 Å². The first kappa shape index (κ1) is 28.1. The smallest absolute Gasteiger partial charge is 0.253 e. The lowest BCUT2D eigenvalue weighted by Gasteiger charge is -2.30. The molecule has 1 atom stereocenters. The van der Waals surface area contributed by atoms with Crippen LogP contribution in [0, 0.1) is 5.92 Å². The second-order valence-electron chi connectivity index (χ2n) is 9.32. The van der Waals surface area contributed by atoms with Gasteiger partial charge in [0.05, 0.1) is 33.1 Å². The summed E-state index contributed by atoms with van der Waals surface area (Å²) in [7, 11) is -3.58. The zero-order valence-electron chi connectivity index (χ0n) is 20.9. The number of carbonyl (C=O) groups is 2. The van der Waals surface area contributed by atoms with Crippen molar-refractivity contribution < 1.29 is 18.0 Å². The third-order valence-corrected chi connectivity index (χ3v) is 9.22. The maximum atomic E-state index is 13.1. The van der Waals surface area contributed by atoms with Crippen LogP contribution in [-0.4, -0.2) is 37.6 Å². The van der Waals surface area contributed by atoms with Crippen molar-refractivity contribution in [2.24, 2.45) is 5.92 Å². The molecule has 10 heteroatoms. The third-order valence-electron chi connectivity index (χ3n) is 6.63. The number of hydrogen-bond acceptors (Lipinski definition) is 4. The van der Waals surface area contributed by atoms with Gasteiger partial charge in [-0.1, -0.05) is 71.7 Å². The SMILES string of the molecule is C[C@@H](NC(=O)c1ccccc1NC(=O)C1CCN(S(=O)(=O)Cc2ccc(Cl)c(Cl)c2)CC1)c1ccccc1. The van der Waals surface area contributed by atoms with E-state index >= 15 is 0 Å². The van der Waals surface area contributed by atoms with Crippen molar-refractivity contribution in [2.45, 2.75) is 31.6 Å². The molecule has 0 bridgehead atoms. The van der Waals surface area contributed by atoms with Gasteiger partial charge in [-0.15, -0.1) is 0 Å². The lowest BCUT2D eigenvalue weighted by atomic mass is 9.97. The highest BCUT2D eigenvalue weighted by molar-refractivity contribution is 7.88. The van der Waals surface area contributed by atoms with Crippen LogP contribution in [0.25, 0.3) is 0 Å². The molecule has 4 rings (SSSR count). The van der Waals surface area contributed by atoms with Crippen LogP contribution in [0.1, 0.15) is 47.3 Å². The average Bonchev–Trinajstić information content (AvgIpc) is 2.91. The molecule has 1 fully saturated rings. The normalized spacial score (nSPS) is 15.6. The van der Waals surface area contributed by atoms with Crippen molar-refractivity contribution in [3.8, 4) is 0 Å². The maximum Gasteiger partial charge on any atom is 0.253 e. The molecule has 1 aliphatic rings. The number of rotatable bonds is 8. The van der Waals surface area contributed by atoms with E-state index in [-0.39, 0.29) is 42.6 Å². The van der Waals surface area contributed by atoms with Crippen molar-refractivity contribution in [3.05, 3.63) is 99.5 Å². The highest BCUT2D eigenvalue weighted by Gasteiger charge is 2.31. The number of para-hydroxylation sites is 1. The minimum Gasteiger partial charge on any atom is -0.345 e. The van der Waals surface area contributed by atoms with Crippen molar-refractivity contribution in [1.29, 1.82) is 0 Å². The van der Waals surface area contributed by atoms with E-state index in [9.17, 15) is 18.0 Å². The van der Waals surface area contributed by atoms with E-state index < -0.39 is 10.0 Å². The molecular formula is C28H29Cl2N3O4S. The summed E-state index contributed by atoms with van der Waals surface area (Å²) in [5.74, 6) is -1.08. The largest absolute Gasteiger partial charge is 0.345 e.